The molecule has 0 saturated carbocycles. The van der Waals surface area contributed by atoms with Crippen LogP contribution in [0.15, 0.2) is 35.2 Å². The summed E-state index contributed by atoms with van der Waals surface area (Å²) in [6.45, 7) is 3.37. The first-order valence-electron chi connectivity index (χ1n) is 7.96. The van der Waals surface area contributed by atoms with E-state index >= 15 is 0 Å². The molecule has 0 unspecified atom stereocenters. The van der Waals surface area contributed by atoms with Crippen LogP contribution in [0.2, 0.25) is 15.1 Å². The van der Waals surface area contributed by atoms with Crippen molar-refractivity contribution in [2.45, 2.75) is 24.8 Å². The molecule has 1 amide bonds. The van der Waals surface area contributed by atoms with Crippen molar-refractivity contribution in [3.8, 4) is 5.75 Å². The van der Waals surface area contributed by atoms with Crippen molar-refractivity contribution in [3.05, 3.63) is 51.0 Å². The fraction of sp³-hybridized carbons (Fsp3) is 0.235. The first-order valence-corrected chi connectivity index (χ1v) is 10.6. The van der Waals surface area contributed by atoms with Crippen molar-refractivity contribution in [2.24, 2.45) is 0 Å². The van der Waals surface area contributed by atoms with E-state index in [1.807, 2.05) is 0 Å². The lowest BCUT2D eigenvalue weighted by molar-refractivity contribution is 0.0962. The van der Waals surface area contributed by atoms with Crippen LogP contribution in [0.3, 0.4) is 0 Å². The number of methoxy groups -OCH3 is 1. The number of carbonyl (C=O) groups is 1. The molecule has 28 heavy (non-hydrogen) atoms. The summed E-state index contributed by atoms with van der Waals surface area (Å²) in [7, 11) is -2.53. The van der Waals surface area contributed by atoms with Gasteiger partial charge in [0, 0.05) is 16.6 Å². The Labute approximate surface area is 178 Å². The van der Waals surface area contributed by atoms with Crippen LogP contribution in [0.4, 0.5) is 5.69 Å². The number of rotatable bonds is 7. The van der Waals surface area contributed by atoms with Gasteiger partial charge in [0.05, 0.1) is 22.8 Å². The highest BCUT2D eigenvalue weighted by Gasteiger charge is 2.22. The summed E-state index contributed by atoms with van der Waals surface area (Å²) in [5.41, 5.74) is 5.36. The molecule has 7 nitrogen and oxygen atoms in total. The Balaban J connectivity index is 2.28. The maximum absolute atomic E-state index is 12.5. The van der Waals surface area contributed by atoms with E-state index in [4.69, 9.17) is 39.5 Å². The van der Waals surface area contributed by atoms with E-state index < -0.39 is 15.9 Å². The second-order valence-corrected chi connectivity index (χ2v) is 8.90. The summed E-state index contributed by atoms with van der Waals surface area (Å²) in [6, 6.07) is 6.62. The maximum Gasteiger partial charge on any atom is 0.269 e. The van der Waals surface area contributed by atoms with E-state index in [0.717, 1.165) is 0 Å². The monoisotopic (exact) mass is 465 g/mol. The van der Waals surface area contributed by atoms with Crippen molar-refractivity contribution in [3.63, 3.8) is 0 Å². The highest BCUT2D eigenvalue weighted by Crippen LogP contribution is 2.33. The predicted octanol–water partition coefficient (Wildman–Crippen LogP) is 4.10. The number of carbonyl (C=O) groups excluding carboxylic acids is 1. The van der Waals surface area contributed by atoms with Crippen molar-refractivity contribution in [1.29, 1.82) is 0 Å². The van der Waals surface area contributed by atoms with Crippen LogP contribution in [-0.4, -0.2) is 27.5 Å². The molecule has 0 radical (unpaired) electrons. The SMILES string of the molecule is COc1ccc(C(=O)NNc2c(Cl)cc(Cl)cc2Cl)cc1S(=O)(=O)NC(C)C. The molecular weight excluding hydrogens is 449 g/mol. The highest BCUT2D eigenvalue weighted by atomic mass is 35.5. The molecule has 2 aromatic carbocycles. The average molecular weight is 467 g/mol. The van der Waals surface area contributed by atoms with Crippen LogP contribution in [0.1, 0.15) is 24.2 Å². The molecule has 0 aliphatic carbocycles. The van der Waals surface area contributed by atoms with Crippen LogP contribution in [0, 0.1) is 0 Å². The molecule has 0 aliphatic rings. The Morgan fingerprint density at radius 3 is 2.21 bits per heavy atom. The van der Waals surface area contributed by atoms with Gasteiger partial charge in [0.2, 0.25) is 10.0 Å². The minimum Gasteiger partial charge on any atom is -0.495 e. The normalized spacial score (nSPS) is 11.4. The summed E-state index contributed by atoms with van der Waals surface area (Å²) >= 11 is 17.9. The molecule has 0 saturated heterocycles. The summed E-state index contributed by atoms with van der Waals surface area (Å²) in [6.07, 6.45) is 0. The van der Waals surface area contributed by atoms with E-state index in [0.29, 0.717) is 5.02 Å². The van der Waals surface area contributed by atoms with Crippen LogP contribution in [0.5, 0.6) is 5.75 Å². The second kappa shape index (κ2) is 9.19. The molecule has 0 atom stereocenters. The van der Waals surface area contributed by atoms with Crippen molar-refractivity contribution < 1.29 is 17.9 Å². The number of ether oxygens (including phenoxy) is 1. The maximum atomic E-state index is 12.5. The number of sulfonamides is 1. The number of hydrazine groups is 1. The smallest absolute Gasteiger partial charge is 0.269 e. The quantitative estimate of drug-likeness (QED) is 0.534. The number of hydrogen-bond acceptors (Lipinski definition) is 5. The fourth-order valence-electron chi connectivity index (χ4n) is 2.25. The molecule has 2 rings (SSSR count). The standard InChI is InChI=1S/C17H18Cl3N3O4S/c1-9(2)23-28(25,26)15-6-10(4-5-14(15)27-3)17(24)22-21-16-12(19)7-11(18)8-13(16)20/h4-9,21,23H,1-3H3,(H,22,24). The molecule has 2 aromatic rings. The van der Waals surface area contributed by atoms with Crippen LogP contribution in [0.25, 0.3) is 0 Å². The first-order chi connectivity index (χ1) is 13.0. The number of amides is 1. The number of anilines is 1. The zero-order chi connectivity index (χ0) is 21.1. The van der Waals surface area contributed by atoms with Crippen LogP contribution in [-0.2, 0) is 10.0 Å². The third kappa shape index (κ3) is 5.42. The number of hydrogen-bond donors (Lipinski definition) is 3. The van der Waals surface area contributed by atoms with Crippen LogP contribution >= 0.6 is 34.8 Å². The van der Waals surface area contributed by atoms with Gasteiger partial charge in [-0.2, -0.15) is 0 Å². The lowest BCUT2D eigenvalue weighted by Gasteiger charge is -2.15. The zero-order valence-electron chi connectivity index (χ0n) is 15.1. The van der Waals surface area contributed by atoms with E-state index in [1.165, 1.54) is 37.4 Å². The van der Waals surface area contributed by atoms with Gasteiger partial charge in [0.1, 0.15) is 10.6 Å². The zero-order valence-corrected chi connectivity index (χ0v) is 18.2. The number of halogens is 3. The van der Waals surface area contributed by atoms with Crippen molar-refractivity contribution in [1.82, 2.24) is 10.1 Å². The van der Waals surface area contributed by atoms with E-state index in [1.54, 1.807) is 13.8 Å². The predicted molar refractivity (Wildman–Crippen MR) is 111 cm³/mol. The van der Waals surface area contributed by atoms with Crippen molar-refractivity contribution in [2.75, 3.05) is 12.5 Å². The van der Waals surface area contributed by atoms with Gasteiger partial charge in [0.25, 0.3) is 5.91 Å². The van der Waals surface area contributed by atoms with Gasteiger partial charge in [-0.1, -0.05) is 34.8 Å². The largest absolute Gasteiger partial charge is 0.495 e. The lowest BCUT2D eigenvalue weighted by atomic mass is 10.2. The molecule has 0 spiro atoms. The summed E-state index contributed by atoms with van der Waals surface area (Å²) in [4.78, 5) is 12.3. The van der Waals surface area contributed by atoms with E-state index in [9.17, 15) is 13.2 Å². The molecule has 3 N–H and O–H groups in total. The third-order valence-electron chi connectivity index (χ3n) is 3.41. The number of nitrogens with one attached hydrogen (secondary N) is 3. The van der Waals surface area contributed by atoms with Gasteiger partial charge in [-0.25, -0.2) is 13.1 Å². The Bertz CT molecular complexity index is 974. The number of benzene rings is 2. The van der Waals surface area contributed by atoms with E-state index in [2.05, 4.69) is 15.6 Å². The van der Waals surface area contributed by atoms with Gasteiger partial charge < -0.3 is 4.74 Å². The molecular formula is C17H18Cl3N3O4S. The summed E-state index contributed by atoms with van der Waals surface area (Å²) in [5, 5.41) is 0.753. The Morgan fingerprint density at radius 2 is 1.68 bits per heavy atom. The molecule has 0 fully saturated rings. The Hall–Kier alpha value is -1.71. The lowest BCUT2D eigenvalue weighted by Crippen LogP contribution is -2.32. The molecule has 0 aliphatic heterocycles. The van der Waals surface area contributed by atoms with Gasteiger partial charge in [-0.05, 0) is 44.2 Å². The Morgan fingerprint density at radius 1 is 1.07 bits per heavy atom. The highest BCUT2D eigenvalue weighted by molar-refractivity contribution is 7.89. The second-order valence-electron chi connectivity index (χ2n) is 5.97. The average Bonchev–Trinajstić information content (AvgIpc) is 2.58. The van der Waals surface area contributed by atoms with Gasteiger partial charge >= 0.3 is 0 Å². The molecule has 0 heterocycles. The minimum atomic E-state index is -3.88. The summed E-state index contributed by atoms with van der Waals surface area (Å²) < 4.78 is 32.6. The molecule has 11 heteroatoms. The fourth-order valence-corrected chi connectivity index (χ4v) is 4.61. The minimum absolute atomic E-state index is 0.0821. The van der Waals surface area contributed by atoms with Crippen LogP contribution < -0.4 is 20.3 Å². The third-order valence-corrected chi connectivity index (χ3v) is 5.91. The topological polar surface area (TPSA) is 96.5 Å². The Kier molecular flexibility index (Phi) is 7.41. The first kappa shape index (κ1) is 22.6. The van der Waals surface area contributed by atoms with Gasteiger partial charge in [-0.3, -0.25) is 15.6 Å². The molecule has 152 valence electrons. The van der Waals surface area contributed by atoms with Gasteiger partial charge in [-0.15, -0.1) is 0 Å². The van der Waals surface area contributed by atoms with Gasteiger partial charge in [0.15, 0.2) is 0 Å². The van der Waals surface area contributed by atoms with Crippen molar-refractivity contribution >= 4 is 56.4 Å². The van der Waals surface area contributed by atoms with E-state index in [-0.39, 0.29) is 38.0 Å². The summed E-state index contributed by atoms with van der Waals surface area (Å²) in [5.74, 6) is -0.493. The molecule has 0 bridgehead atoms. The molecule has 0 aromatic heterocycles.